The minimum atomic E-state index is -4.66. The number of pyridine rings is 2. The zero-order chi connectivity index (χ0) is 29.2. The Morgan fingerprint density at radius 1 is 1.10 bits per heavy atom. The van der Waals surface area contributed by atoms with Crippen LogP contribution < -0.4 is 19.5 Å². The summed E-state index contributed by atoms with van der Waals surface area (Å²) in [7, 11) is -2.93. The van der Waals surface area contributed by atoms with Gasteiger partial charge in [-0.1, -0.05) is 11.6 Å². The summed E-state index contributed by atoms with van der Waals surface area (Å²) in [5, 5.41) is 1.86. The number of hydrogen-bond acceptors (Lipinski definition) is 9. The Labute approximate surface area is 232 Å². The molecule has 11 nitrogen and oxygen atoms in total. The first-order valence-electron chi connectivity index (χ1n) is 11.5. The van der Waals surface area contributed by atoms with Crippen molar-refractivity contribution in [2.24, 2.45) is 0 Å². The molecule has 1 aromatic carbocycles. The second-order valence-corrected chi connectivity index (χ2v) is 9.67. The molecule has 2 N–H and O–H groups in total. The van der Waals surface area contributed by atoms with Gasteiger partial charge >= 0.3 is 22.6 Å². The second-order valence-electron chi connectivity index (χ2n) is 7.90. The van der Waals surface area contributed by atoms with Crippen LogP contribution in [-0.2, 0) is 38.4 Å². The molecule has 3 aromatic rings. The Kier molecular flexibility index (Phi) is 10.9. The first-order valence-corrected chi connectivity index (χ1v) is 13.3. The third-order valence-electron chi connectivity index (χ3n) is 4.99. The summed E-state index contributed by atoms with van der Waals surface area (Å²) < 4.78 is 85.8. The number of carbonyl (C=O) groups excluding carboxylic acids is 1. The number of nitrogens with zero attached hydrogens (tertiary/aromatic N) is 2. The van der Waals surface area contributed by atoms with Crippen molar-refractivity contribution in [2.75, 3.05) is 26.9 Å². The van der Waals surface area contributed by atoms with Gasteiger partial charge in [0.25, 0.3) is 0 Å². The summed E-state index contributed by atoms with van der Waals surface area (Å²) in [6.07, 6.45) is -1.92. The van der Waals surface area contributed by atoms with E-state index in [-0.39, 0.29) is 43.5 Å². The van der Waals surface area contributed by atoms with Crippen molar-refractivity contribution in [1.82, 2.24) is 20.0 Å². The molecule has 0 aliphatic heterocycles. The molecule has 0 bridgehead atoms. The maximum absolute atomic E-state index is 13.0. The topological polar surface area (TPSA) is 138 Å². The number of benzene rings is 1. The lowest BCUT2D eigenvalue weighted by Gasteiger charge is -2.15. The van der Waals surface area contributed by atoms with E-state index >= 15 is 0 Å². The SMILES string of the molecule is COCCOc1ccc(CNC(=O)OS(=O)(=O)NCCc2ccncc2)c(Oc2ncc(C(F)(F)F)cc2Cl)c1. The quantitative estimate of drug-likeness (QED) is 0.274. The molecule has 1 amide bonds. The monoisotopic (exact) mass is 604 g/mol. The molecule has 0 unspecified atom stereocenters. The van der Waals surface area contributed by atoms with Gasteiger partial charge in [-0.3, -0.25) is 4.98 Å². The average molecular weight is 605 g/mol. The van der Waals surface area contributed by atoms with Gasteiger partial charge < -0.3 is 23.7 Å². The fraction of sp³-hybridized carbons (Fsp3) is 0.292. The highest BCUT2D eigenvalue weighted by atomic mass is 35.5. The summed E-state index contributed by atoms with van der Waals surface area (Å²) in [6, 6.07) is 8.49. The van der Waals surface area contributed by atoms with Crippen LogP contribution in [-0.4, -0.2) is 51.3 Å². The molecule has 216 valence electrons. The van der Waals surface area contributed by atoms with Gasteiger partial charge in [-0.2, -0.15) is 26.3 Å². The lowest BCUT2D eigenvalue weighted by Crippen LogP contribution is -2.34. The molecule has 0 radical (unpaired) electrons. The first kappa shape index (κ1) is 30.9. The van der Waals surface area contributed by atoms with Crippen LogP contribution in [0.4, 0.5) is 18.0 Å². The number of amides is 1. The lowest BCUT2D eigenvalue weighted by molar-refractivity contribution is -0.137. The standard InChI is InChI=1S/C24H24ClF3N4O7S/c1-36-10-11-37-19-3-2-17(21(13-19)38-22-20(25)12-18(15-30-22)24(26,27)28)14-31-23(33)39-40(34,35)32-9-6-16-4-7-29-8-5-16/h2-5,7-8,12-13,15,32H,6,9-11,14H2,1H3,(H,31,33). The molecular formula is C24H24ClF3N4O7S. The van der Waals surface area contributed by atoms with Crippen molar-refractivity contribution in [1.29, 1.82) is 0 Å². The highest BCUT2D eigenvalue weighted by molar-refractivity contribution is 7.85. The van der Waals surface area contributed by atoms with E-state index in [9.17, 15) is 26.4 Å². The Balaban J connectivity index is 1.67. The fourth-order valence-electron chi connectivity index (χ4n) is 3.06. The van der Waals surface area contributed by atoms with Crippen LogP contribution in [0.5, 0.6) is 17.4 Å². The predicted octanol–water partition coefficient (Wildman–Crippen LogP) is 4.27. The van der Waals surface area contributed by atoms with Gasteiger partial charge in [0.05, 0.1) is 12.2 Å². The van der Waals surface area contributed by atoms with Gasteiger partial charge in [0.15, 0.2) is 0 Å². The van der Waals surface area contributed by atoms with Gasteiger partial charge in [0.2, 0.25) is 5.88 Å². The Morgan fingerprint density at radius 3 is 2.52 bits per heavy atom. The van der Waals surface area contributed by atoms with E-state index in [1.165, 1.54) is 25.3 Å². The molecule has 40 heavy (non-hydrogen) atoms. The van der Waals surface area contributed by atoms with E-state index in [1.807, 2.05) is 0 Å². The molecule has 0 saturated heterocycles. The van der Waals surface area contributed by atoms with Crippen LogP contribution in [0, 0.1) is 0 Å². The molecule has 16 heteroatoms. The van der Waals surface area contributed by atoms with Crippen molar-refractivity contribution in [3.05, 3.63) is 76.7 Å². The number of halogens is 4. The number of ether oxygens (including phenoxy) is 3. The van der Waals surface area contributed by atoms with Crippen LogP contribution >= 0.6 is 11.6 Å². The third kappa shape index (κ3) is 9.82. The fourth-order valence-corrected chi connectivity index (χ4v) is 3.94. The van der Waals surface area contributed by atoms with E-state index in [1.54, 1.807) is 24.5 Å². The molecule has 3 rings (SSSR count). The number of aromatic nitrogens is 2. The molecule has 0 fully saturated rings. The Bertz CT molecular complexity index is 1400. The molecule has 0 saturated carbocycles. The summed E-state index contributed by atoms with van der Waals surface area (Å²) in [5.74, 6) is -0.0152. The minimum Gasteiger partial charge on any atom is -0.491 e. The number of nitrogens with one attached hydrogen (secondary N) is 2. The van der Waals surface area contributed by atoms with E-state index in [4.69, 9.17) is 25.8 Å². The van der Waals surface area contributed by atoms with Gasteiger partial charge in [0.1, 0.15) is 23.1 Å². The number of hydrogen-bond donors (Lipinski definition) is 2. The Hall–Kier alpha value is -3.66. The van der Waals surface area contributed by atoms with Gasteiger partial charge in [0, 0.05) is 50.4 Å². The molecule has 2 heterocycles. The maximum Gasteiger partial charge on any atom is 0.423 e. The van der Waals surface area contributed by atoms with E-state index in [2.05, 4.69) is 24.2 Å². The smallest absolute Gasteiger partial charge is 0.423 e. The van der Waals surface area contributed by atoms with Crippen LogP contribution in [0.2, 0.25) is 5.02 Å². The van der Waals surface area contributed by atoms with Crippen LogP contribution in [0.1, 0.15) is 16.7 Å². The van der Waals surface area contributed by atoms with E-state index in [0.29, 0.717) is 24.4 Å². The summed E-state index contributed by atoms with van der Waals surface area (Å²) in [5.41, 5.74) is 0.0329. The van der Waals surface area contributed by atoms with Gasteiger partial charge in [-0.25, -0.2) is 9.78 Å². The Morgan fingerprint density at radius 2 is 1.85 bits per heavy atom. The summed E-state index contributed by atoms with van der Waals surface area (Å²) in [6.45, 7) is 0.147. The predicted molar refractivity (Wildman–Crippen MR) is 136 cm³/mol. The number of carbonyl (C=O) groups is 1. The van der Waals surface area contributed by atoms with Crippen LogP contribution in [0.3, 0.4) is 0 Å². The first-order chi connectivity index (χ1) is 19.0. The zero-order valence-electron chi connectivity index (χ0n) is 20.9. The van der Waals surface area contributed by atoms with Crippen LogP contribution in [0.15, 0.2) is 55.0 Å². The van der Waals surface area contributed by atoms with Gasteiger partial charge in [-0.05, 0) is 42.3 Å². The second kappa shape index (κ2) is 14.1. The normalized spacial score (nSPS) is 11.6. The van der Waals surface area contributed by atoms with Crippen molar-refractivity contribution in [3.8, 4) is 17.4 Å². The largest absolute Gasteiger partial charge is 0.491 e. The van der Waals surface area contributed by atoms with Crippen molar-refractivity contribution in [2.45, 2.75) is 19.1 Å². The maximum atomic E-state index is 13.0. The average Bonchev–Trinajstić information content (AvgIpc) is 2.89. The molecule has 0 atom stereocenters. The highest BCUT2D eigenvalue weighted by Gasteiger charge is 2.32. The third-order valence-corrected chi connectivity index (χ3v) is 6.19. The summed E-state index contributed by atoms with van der Waals surface area (Å²) >= 11 is 5.96. The van der Waals surface area contributed by atoms with Crippen molar-refractivity contribution >= 4 is 28.0 Å². The lowest BCUT2D eigenvalue weighted by atomic mass is 10.2. The zero-order valence-corrected chi connectivity index (χ0v) is 22.5. The van der Waals surface area contributed by atoms with Gasteiger partial charge in [-0.15, -0.1) is 0 Å². The van der Waals surface area contributed by atoms with Crippen molar-refractivity contribution < 1.29 is 44.8 Å². The minimum absolute atomic E-state index is 0.0164. The van der Waals surface area contributed by atoms with Crippen molar-refractivity contribution in [3.63, 3.8) is 0 Å². The van der Waals surface area contributed by atoms with E-state index in [0.717, 1.165) is 5.56 Å². The number of rotatable bonds is 13. The van der Waals surface area contributed by atoms with Crippen LogP contribution in [0.25, 0.3) is 0 Å². The summed E-state index contributed by atoms with van der Waals surface area (Å²) in [4.78, 5) is 19.7. The van der Waals surface area contributed by atoms with E-state index < -0.39 is 33.2 Å². The number of methoxy groups -OCH3 is 1. The molecule has 0 spiro atoms. The number of alkyl halides is 3. The molecule has 2 aromatic heterocycles. The highest BCUT2D eigenvalue weighted by Crippen LogP contribution is 2.36. The molecule has 0 aliphatic carbocycles. The molecule has 0 aliphatic rings. The molecular weight excluding hydrogens is 581 g/mol.